The van der Waals surface area contributed by atoms with Crippen LogP contribution in [0.4, 0.5) is 0 Å². The van der Waals surface area contributed by atoms with E-state index in [1.165, 1.54) is 0 Å². The van der Waals surface area contributed by atoms with Gasteiger partial charge in [-0.25, -0.2) is 0 Å². The summed E-state index contributed by atoms with van der Waals surface area (Å²) in [5.74, 6) is -0.563. The third-order valence-corrected chi connectivity index (χ3v) is 2.97. The lowest BCUT2D eigenvalue weighted by Crippen LogP contribution is -2.37. The van der Waals surface area contributed by atoms with Crippen LogP contribution in [0, 0.1) is 0 Å². The molecule has 2 aliphatic heterocycles. The smallest absolute Gasteiger partial charge is 0.186 e. The fourth-order valence-corrected chi connectivity index (χ4v) is 2.32. The molecule has 2 rings (SSSR count). The van der Waals surface area contributed by atoms with Gasteiger partial charge >= 0.3 is 0 Å². The summed E-state index contributed by atoms with van der Waals surface area (Å²) >= 11 is 0. The van der Waals surface area contributed by atoms with Crippen LogP contribution in [0.2, 0.25) is 0 Å². The lowest BCUT2D eigenvalue weighted by molar-refractivity contribution is -0.226. The van der Waals surface area contributed by atoms with Gasteiger partial charge in [-0.3, -0.25) is 0 Å². The second-order valence-corrected chi connectivity index (χ2v) is 4.79. The maximum atomic E-state index is 5.86. The fourth-order valence-electron chi connectivity index (χ4n) is 2.32. The van der Waals surface area contributed by atoms with Crippen molar-refractivity contribution in [3.8, 4) is 0 Å². The highest BCUT2D eigenvalue weighted by Crippen LogP contribution is 2.38. The molecule has 0 aliphatic carbocycles. The van der Waals surface area contributed by atoms with Crippen LogP contribution in [-0.4, -0.2) is 50.6 Å². The number of ether oxygens (including phenoxy) is 4. The van der Waals surface area contributed by atoms with Gasteiger partial charge in [0.25, 0.3) is 0 Å². The molecular formula is C12H21NO4. The average molecular weight is 243 g/mol. The Morgan fingerprint density at radius 3 is 2.71 bits per heavy atom. The first kappa shape index (κ1) is 13.0. The quantitative estimate of drug-likeness (QED) is 0.567. The molecule has 2 fully saturated rings. The molecule has 0 aromatic carbocycles. The fraction of sp³-hybridized carbons (Fsp3) is 0.833. The number of rotatable bonds is 5. The standard InChI is InChI=1S/C12H21NO4/c1-5-6-13-7-8-9-10(11(14-4)15-8)17-12(2,3)16-9/h5,8-11,13H,1,6-7H2,2-4H3. The number of fused-ring (bicyclic) bond motifs is 1. The Bertz CT molecular complexity index is 282. The van der Waals surface area contributed by atoms with Crippen molar-refractivity contribution in [2.75, 3.05) is 20.2 Å². The van der Waals surface area contributed by atoms with Gasteiger partial charge in [-0.05, 0) is 13.8 Å². The minimum Gasteiger partial charge on any atom is -0.353 e. The van der Waals surface area contributed by atoms with Crippen LogP contribution in [0.1, 0.15) is 13.8 Å². The molecule has 1 N–H and O–H groups in total. The van der Waals surface area contributed by atoms with E-state index in [1.54, 1.807) is 7.11 Å². The molecule has 0 aromatic rings. The van der Waals surface area contributed by atoms with Gasteiger partial charge in [-0.15, -0.1) is 6.58 Å². The van der Waals surface area contributed by atoms with Crippen LogP contribution in [0.25, 0.3) is 0 Å². The van der Waals surface area contributed by atoms with Crippen LogP contribution in [0.15, 0.2) is 12.7 Å². The molecule has 5 nitrogen and oxygen atoms in total. The van der Waals surface area contributed by atoms with E-state index < -0.39 is 5.79 Å². The summed E-state index contributed by atoms with van der Waals surface area (Å²) in [4.78, 5) is 0. The van der Waals surface area contributed by atoms with Crippen LogP contribution in [-0.2, 0) is 18.9 Å². The zero-order valence-corrected chi connectivity index (χ0v) is 10.6. The molecule has 4 unspecified atom stereocenters. The van der Waals surface area contributed by atoms with E-state index in [4.69, 9.17) is 18.9 Å². The first-order valence-electron chi connectivity index (χ1n) is 5.93. The Kier molecular flexibility index (Phi) is 3.85. The highest BCUT2D eigenvalue weighted by atomic mass is 16.8. The molecule has 17 heavy (non-hydrogen) atoms. The van der Waals surface area contributed by atoms with Gasteiger partial charge in [0.1, 0.15) is 18.3 Å². The molecule has 2 saturated heterocycles. The summed E-state index contributed by atoms with van der Waals surface area (Å²) in [6, 6.07) is 0. The SMILES string of the molecule is C=CCNCC1OC(OC)C2OC(C)(C)OC12. The van der Waals surface area contributed by atoms with Crippen molar-refractivity contribution in [3.05, 3.63) is 12.7 Å². The van der Waals surface area contributed by atoms with Crippen LogP contribution in [0.3, 0.4) is 0 Å². The largest absolute Gasteiger partial charge is 0.353 e. The summed E-state index contributed by atoms with van der Waals surface area (Å²) in [5, 5.41) is 3.23. The second kappa shape index (κ2) is 5.04. The van der Waals surface area contributed by atoms with Gasteiger partial charge in [0.2, 0.25) is 0 Å². The van der Waals surface area contributed by atoms with E-state index in [9.17, 15) is 0 Å². The topological polar surface area (TPSA) is 49.0 Å². The van der Waals surface area contributed by atoms with Crippen LogP contribution < -0.4 is 5.32 Å². The van der Waals surface area contributed by atoms with Crippen molar-refractivity contribution < 1.29 is 18.9 Å². The van der Waals surface area contributed by atoms with E-state index >= 15 is 0 Å². The minimum atomic E-state index is -0.563. The Hall–Kier alpha value is -0.460. The number of hydrogen-bond acceptors (Lipinski definition) is 5. The lowest BCUT2D eigenvalue weighted by Gasteiger charge is -2.23. The van der Waals surface area contributed by atoms with E-state index in [0.717, 1.165) is 6.54 Å². The molecule has 2 aliphatic rings. The monoisotopic (exact) mass is 243 g/mol. The molecule has 0 bridgehead atoms. The molecule has 4 atom stereocenters. The van der Waals surface area contributed by atoms with Gasteiger partial charge in [0, 0.05) is 20.2 Å². The summed E-state index contributed by atoms with van der Waals surface area (Å²) in [6.45, 7) is 8.93. The minimum absolute atomic E-state index is 0.0494. The van der Waals surface area contributed by atoms with E-state index in [1.807, 2.05) is 19.9 Å². The molecule has 0 amide bonds. The third-order valence-electron chi connectivity index (χ3n) is 2.97. The predicted octanol–water partition coefficient (Wildman–Crippen LogP) is 0.653. The average Bonchev–Trinajstić information content (AvgIpc) is 2.73. The summed E-state index contributed by atoms with van der Waals surface area (Å²) in [6.07, 6.45) is 1.19. The summed E-state index contributed by atoms with van der Waals surface area (Å²) in [7, 11) is 1.62. The Balaban J connectivity index is 1.97. The van der Waals surface area contributed by atoms with Crippen LogP contribution >= 0.6 is 0 Å². The van der Waals surface area contributed by atoms with E-state index in [2.05, 4.69) is 11.9 Å². The molecule has 98 valence electrons. The van der Waals surface area contributed by atoms with Gasteiger partial charge < -0.3 is 24.3 Å². The molecule has 0 saturated carbocycles. The predicted molar refractivity (Wildman–Crippen MR) is 62.6 cm³/mol. The Labute approximate surface area is 102 Å². The molecule has 0 spiro atoms. The van der Waals surface area contributed by atoms with Crippen molar-refractivity contribution >= 4 is 0 Å². The zero-order chi connectivity index (χ0) is 12.5. The number of methoxy groups -OCH3 is 1. The summed E-state index contributed by atoms with van der Waals surface area (Å²) < 4.78 is 22.7. The first-order chi connectivity index (χ1) is 8.07. The van der Waals surface area contributed by atoms with Gasteiger partial charge in [-0.2, -0.15) is 0 Å². The Morgan fingerprint density at radius 1 is 1.35 bits per heavy atom. The normalized spacial score (nSPS) is 39.2. The van der Waals surface area contributed by atoms with Crippen molar-refractivity contribution in [3.63, 3.8) is 0 Å². The van der Waals surface area contributed by atoms with E-state index in [0.29, 0.717) is 6.54 Å². The van der Waals surface area contributed by atoms with Gasteiger partial charge in [0.15, 0.2) is 12.1 Å². The lowest BCUT2D eigenvalue weighted by atomic mass is 10.1. The van der Waals surface area contributed by atoms with Crippen molar-refractivity contribution in [1.82, 2.24) is 5.32 Å². The van der Waals surface area contributed by atoms with Crippen molar-refractivity contribution in [2.24, 2.45) is 0 Å². The maximum Gasteiger partial charge on any atom is 0.186 e. The molecule has 2 heterocycles. The van der Waals surface area contributed by atoms with E-state index in [-0.39, 0.29) is 24.6 Å². The highest BCUT2D eigenvalue weighted by Gasteiger charge is 2.55. The highest BCUT2D eigenvalue weighted by molar-refractivity contribution is 4.96. The van der Waals surface area contributed by atoms with Crippen molar-refractivity contribution in [1.29, 1.82) is 0 Å². The van der Waals surface area contributed by atoms with Crippen molar-refractivity contribution in [2.45, 2.75) is 44.2 Å². The van der Waals surface area contributed by atoms with Gasteiger partial charge in [-0.1, -0.05) is 6.08 Å². The maximum absolute atomic E-state index is 5.86. The first-order valence-corrected chi connectivity index (χ1v) is 5.93. The van der Waals surface area contributed by atoms with Crippen LogP contribution in [0.5, 0.6) is 0 Å². The second-order valence-electron chi connectivity index (χ2n) is 4.79. The number of nitrogens with one attached hydrogen (secondary N) is 1. The zero-order valence-electron chi connectivity index (χ0n) is 10.6. The molecular weight excluding hydrogens is 222 g/mol. The third kappa shape index (κ3) is 2.69. The van der Waals surface area contributed by atoms with Gasteiger partial charge in [0.05, 0.1) is 0 Å². The molecule has 0 radical (unpaired) electrons. The molecule has 0 aromatic heterocycles. The molecule has 5 heteroatoms. The Morgan fingerprint density at radius 2 is 2.06 bits per heavy atom. The number of hydrogen-bond donors (Lipinski definition) is 1. The summed E-state index contributed by atoms with van der Waals surface area (Å²) in [5.41, 5.74) is 0.